The fourth-order valence-electron chi connectivity index (χ4n) is 1.37. The third-order valence-corrected chi connectivity index (χ3v) is 6.09. The molecule has 0 aliphatic heterocycles. The molecule has 0 bridgehead atoms. The van der Waals surface area contributed by atoms with Crippen LogP contribution in [0.2, 0.25) is 0 Å². The third-order valence-electron chi connectivity index (χ3n) is 3.69. The molecule has 0 heterocycles. The molecule has 2 atom stereocenters. The molecule has 0 saturated heterocycles. The van der Waals surface area contributed by atoms with Crippen molar-refractivity contribution in [1.29, 1.82) is 0 Å². The van der Waals surface area contributed by atoms with E-state index in [1.54, 1.807) is 21.6 Å². The molecule has 22 heavy (non-hydrogen) atoms. The molecule has 0 radical (unpaired) electrons. The van der Waals surface area contributed by atoms with Crippen LogP contribution < -0.4 is 10.6 Å². The molecule has 0 aliphatic rings. The Morgan fingerprint density at radius 1 is 0.727 bits per heavy atom. The van der Waals surface area contributed by atoms with Crippen LogP contribution in [0.3, 0.4) is 0 Å². The fourth-order valence-corrected chi connectivity index (χ4v) is 3.35. The molecule has 2 amide bonds. The molecule has 130 valence electrons. The van der Waals surface area contributed by atoms with Crippen LogP contribution in [-0.2, 0) is 9.59 Å². The zero-order chi connectivity index (χ0) is 17.1. The van der Waals surface area contributed by atoms with Crippen molar-refractivity contribution < 1.29 is 9.59 Å². The molecule has 2 N–H and O–H groups in total. The van der Waals surface area contributed by atoms with Crippen LogP contribution in [0, 0.1) is 11.8 Å². The van der Waals surface area contributed by atoms with Gasteiger partial charge in [-0.1, -0.05) is 49.3 Å². The van der Waals surface area contributed by atoms with Crippen molar-refractivity contribution in [3.63, 3.8) is 0 Å². The number of carbonyl (C=O) groups is 2. The van der Waals surface area contributed by atoms with Crippen molar-refractivity contribution in [2.75, 3.05) is 11.5 Å². The van der Waals surface area contributed by atoms with E-state index in [9.17, 15) is 9.59 Å². The number of amides is 2. The van der Waals surface area contributed by atoms with Crippen molar-refractivity contribution in [3.05, 3.63) is 0 Å². The second kappa shape index (κ2) is 12.1. The molecule has 2 unspecified atom stereocenters. The number of nitrogens with one attached hydrogen (secondary N) is 2. The van der Waals surface area contributed by atoms with Gasteiger partial charge in [0.15, 0.2) is 0 Å². The Balaban J connectivity index is 3.58. The van der Waals surface area contributed by atoms with E-state index in [-0.39, 0.29) is 23.9 Å². The standard InChI is InChI=1S/C16H32N2O2S2/c1-11(2)13(5)17-15(19)7-9-21-22-10-8-16(20)18-14(6)12(3)4/h11-14H,7-10H2,1-6H3,(H,17,19)(H,18,20). The van der Waals surface area contributed by atoms with E-state index in [2.05, 4.69) is 38.3 Å². The summed E-state index contributed by atoms with van der Waals surface area (Å²) in [6, 6.07) is 0.439. The maximum atomic E-state index is 11.7. The summed E-state index contributed by atoms with van der Waals surface area (Å²) in [5, 5.41) is 5.99. The molecule has 0 rings (SSSR count). The minimum Gasteiger partial charge on any atom is -0.353 e. The van der Waals surface area contributed by atoms with Crippen LogP contribution in [0.15, 0.2) is 0 Å². The summed E-state index contributed by atoms with van der Waals surface area (Å²) in [4.78, 5) is 23.4. The molecule has 6 heteroatoms. The Bertz CT molecular complexity index is 304. The van der Waals surface area contributed by atoms with Crippen LogP contribution in [0.4, 0.5) is 0 Å². The average molecular weight is 349 g/mol. The monoisotopic (exact) mass is 348 g/mol. The highest BCUT2D eigenvalue weighted by molar-refractivity contribution is 8.76. The van der Waals surface area contributed by atoms with Crippen molar-refractivity contribution in [3.8, 4) is 0 Å². The first-order valence-electron chi connectivity index (χ1n) is 8.07. The summed E-state index contributed by atoms with van der Waals surface area (Å²) in [6.07, 6.45) is 1.07. The molecule has 0 aromatic heterocycles. The normalized spacial score (nSPS) is 14.0. The van der Waals surface area contributed by atoms with E-state index in [4.69, 9.17) is 0 Å². The molecule has 0 aromatic carbocycles. The second-order valence-corrected chi connectivity index (χ2v) is 9.05. The van der Waals surface area contributed by atoms with E-state index >= 15 is 0 Å². The molecule has 0 spiro atoms. The lowest BCUT2D eigenvalue weighted by Gasteiger charge is -2.17. The van der Waals surface area contributed by atoms with E-state index in [0.717, 1.165) is 11.5 Å². The highest BCUT2D eigenvalue weighted by Gasteiger charge is 2.11. The predicted octanol–water partition coefficient (Wildman–Crippen LogP) is 3.47. The summed E-state index contributed by atoms with van der Waals surface area (Å²) in [7, 11) is 3.32. The molecule has 0 fully saturated rings. The Morgan fingerprint density at radius 3 is 1.32 bits per heavy atom. The van der Waals surface area contributed by atoms with Crippen LogP contribution in [-0.4, -0.2) is 35.4 Å². The quantitative estimate of drug-likeness (QED) is 0.443. The largest absolute Gasteiger partial charge is 0.353 e. The molecule has 0 saturated carbocycles. The molecular formula is C16H32N2O2S2. The third kappa shape index (κ3) is 11.2. The maximum Gasteiger partial charge on any atom is 0.221 e. The molecule has 0 aromatic rings. The maximum absolute atomic E-state index is 11.7. The van der Waals surface area contributed by atoms with Crippen LogP contribution in [0.25, 0.3) is 0 Å². The average Bonchev–Trinajstić information content (AvgIpc) is 2.42. The minimum atomic E-state index is 0.109. The Morgan fingerprint density at radius 2 is 1.05 bits per heavy atom. The van der Waals surface area contributed by atoms with E-state index in [1.165, 1.54) is 0 Å². The topological polar surface area (TPSA) is 58.2 Å². The van der Waals surface area contributed by atoms with E-state index in [0.29, 0.717) is 24.7 Å². The minimum absolute atomic E-state index is 0.109. The Hall–Kier alpha value is -0.360. The van der Waals surface area contributed by atoms with Crippen LogP contribution in [0.1, 0.15) is 54.4 Å². The van der Waals surface area contributed by atoms with Gasteiger partial charge >= 0.3 is 0 Å². The van der Waals surface area contributed by atoms with Gasteiger partial charge in [-0.05, 0) is 25.7 Å². The predicted molar refractivity (Wildman–Crippen MR) is 99.0 cm³/mol. The van der Waals surface area contributed by atoms with Gasteiger partial charge in [0.25, 0.3) is 0 Å². The first-order chi connectivity index (χ1) is 10.2. The van der Waals surface area contributed by atoms with Gasteiger partial charge in [0.1, 0.15) is 0 Å². The zero-order valence-corrected chi connectivity index (χ0v) is 16.4. The summed E-state index contributed by atoms with van der Waals surface area (Å²) in [6.45, 7) is 12.4. The Labute approximate surface area is 143 Å². The first kappa shape index (κ1) is 21.6. The lowest BCUT2D eigenvalue weighted by molar-refractivity contribution is -0.122. The van der Waals surface area contributed by atoms with Gasteiger partial charge in [-0.3, -0.25) is 9.59 Å². The van der Waals surface area contributed by atoms with E-state index < -0.39 is 0 Å². The summed E-state index contributed by atoms with van der Waals surface area (Å²) < 4.78 is 0. The van der Waals surface area contributed by atoms with Gasteiger partial charge in [-0.25, -0.2) is 0 Å². The number of rotatable bonds is 11. The smallest absolute Gasteiger partial charge is 0.221 e. The summed E-state index contributed by atoms with van der Waals surface area (Å²) in [5.74, 6) is 2.70. The van der Waals surface area contributed by atoms with Crippen molar-refractivity contribution in [2.24, 2.45) is 11.8 Å². The highest BCUT2D eigenvalue weighted by Crippen LogP contribution is 2.22. The lowest BCUT2D eigenvalue weighted by atomic mass is 10.1. The van der Waals surface area contributed by atoms with Crippen LogP contribution in [0.5, 0.6) is 0 Å². The lowest BCUT2D eigenvalue weighted by Crippen LogP contribution is -2.36. The molecule has 4 nitrogen and oxygen atoms in total. The molecule has 0 aliphatic carbocycles. The van der Waals surface area contributed by atoms with Gasteiger partial charge < -0.3 is 10.6 Å². The Kier molecular flexibility index (Phi) is 11.9. The fraction of sp³-hybridized carbons (Fsp3) is 0.875. The van der Waals surface area contributed by atoms with Crippen molar-refractivity contribution in [2.45, 2.75) is 66.5 Å². The summed E-state index contributed by atoms with van der Waals surface area (Å²) >= 11 is 0. The van der Waals surface area contributed by atoms with E-state index in [1.807, 2.05) is 13.8 Å². The number of hydrogen-bond acceptors (Lipinski definition) is 4. The van der Waals surface area contributed by atoms with Gasteiger partial charge in [0.05, 0.1) is 0 Å². The second-order valence-electron chi connectivity index (χ2n) is 6.34. The van der Waals surface area contributed by atoms with Gasteiger partial charge in [-0.2, -0.15) is 0 Å². The van der Waals surface area contributed by atoms with Gasteiger partial charge in [0.2, 0.25) is 11.8 Å². The summed E-state index contributed by atoms with van der Waals surface area (Å²) in [5.41, 5.74) is 0. The van der Waals surface area contributed by atoms with Gasteiger partial charge in [0, 0.05) is 36.4 Å². The highest BCUT2D eigenvalue weighted by atomic mass is 33.1. The zero-order valence-electron chi connectivity index (χ0n) is 14.8. The first-order valence-corrected chi connectivity index (χ1v) is 10.6. The van der Waals surface area contributed by atoms with Gasteiger partial charge in [-0.15, -0.1) is 0 Å². The van der Waals surface area contributed by atoms with Crippen LogP contribution >= 0.6 is 21.6 Å². The SMILES string of the molecule is CC(C)C(C)NC(=O)CCSSCCC(=O)NC(C)C(C)C. The number of hydrogen-bond donors (Lipinski definition) is 2. The number of carbonyl (C=O) groups excluding carboxylic acids is 2. The van der Waals surface area contributed by atoms with Crippen molar-refractivity contribution in [1.82, 2.24) is 10.6 Å². The molecular weight excluding hydrogens is 316 g/mol. The van der Waals surface area contributed by atoms with Crippen molar-refractivity contribution >= 4 is 33.4 Å².